The molecule has 0 aromatic carbocycles. The molecule has 0 amide bonds. The van der Waals surface area contributed by atoms with E-state index in [-0.39, 0.29) is 0 Å². The van der Waals surface area contributed by atoms with Crippen LogP contribution in [0, 0.1) is 5.92 Å². The number of rotatable bonds is 10. The third-order valence-electron chi connectivity index (χ3n) is 4.42. The van der Waals surface area contributed by atoms with E-state index in [9.17, 15) is 0 Å². The van der Waals surface area contributed by atoms with E-state index in [0.717, 1.165) is 5.92 Å². The van der Waals surface area contributed by atoms with E-state index in [0.29, 0.717) is 6.04 Å². The zero-order chi connectivity index (χ0) is 13.9. The molecule has 1 fully saturated rings. The molecule has 0 radical (unpaired) electrons. The lowest BCUT2D eigenvalue weighted by atomic mass is 10.0. The Kier molecular flexibility index (Phi) is 9.54. The minimum Gasteiger partial charge on any atom is -0.311 e. The fourth-order valence-corrected chi connectivity index (χ4v) is 2.96. The van der Waals surface area contributed by atoms with Crippen LogP contribution in [0.4, 0.5) is 0 Å². The number of hydrogen-bond donors (Lipinski definition) is 1. The Hall–Kier alpha value is -0.0800. The highest BCUT2D eigenvalue weighted by Crippen LogP contribution is 2.11. The Morgan fingerprint density at radius 1 is 1.00 bits per heavy atom. The predicted octanol–water partition coefficient (Wildman–Crippen LogP) is 4.06. The van der Waals surface area contributed by atoms with Crippen molar-refractivity contribution in [2.45, 2.75) is 78.2 Å². The van der Waals surface area contributed by atoms with E-state index >= 15 is 0 Å². The highest BCUT2D eigenvalue weighted by Gasteiger charge is 2.20. The SMILES string of the molecule is CCCCCCCCCCN1CCNC(C(C)C)C1. The van der Waals surface area contributed by atoms with Gasteiger partial charge in [0.15, 0.2) is 0 Å². The van der Waals surface area contributed by atoms with Crippen LogP contribution in [-0.2, 0) is 0 Å². The molecule has 114 valence electrons. The summed E-state index contributed by atoms with van der Waals surface area (Å²) < 4.78 is 0. The number of hydrogen-bond acceptors (Lipinski definition) is 2. The van der Waals surface area contributed by atoms with E-state index in [4.69, 9.17) is 0 Å². The Labute approximate surface area is 121 Å². The van der Waals surface area contributed by atoms with Crippen LogP contribution in [0.1, 0.15) is 72.1 Å². The molecule has 0 aliphatic carbocycles. The van der Waals surface area contributed by atoms with Crippen LogP contribution in [0.3, 0.4) is 0 Å². The van der Waals surface area contributed by atoms with Gasteiger partial charge < -0.3 is 10.2 Å². The van der Waals surface area contributed by atoms with E-state index in [1.54, 1.807) is 0 Å². The molecule has 2 nitrogen and oxygen atoms in total. The molecule has 0 bridgehead atoms. The Bertz CT molecular complexity index is 203. The fourth-order valence-electron chi connectivity index (χ4n) is 2.96. The molecule has 1 aliphatic rings. The average Bonchev–Trinajstić information content (AvgIpc) is 2.42. The predicted molar refractivity (Wildman–Crippen MR) is 85.7 cm³/mol. The quantitative estimate of drug-likeness (QED) is 0.601. The lowest BCUT2D eigenvalue weighted by Gasteiger charge is -2.35. The molecular formula is C17H36N2. The van der Waals surface area contributed by atoms with Gasteiger partial charge in [0.05, 0.1) is 0 Å². The maximum Gasteiger partial charge on any atom is 0.0218 e. The van der Waals surface area contributed by atoms with Crippen LogP contribution in [0.2, 0.25) is 0 Å². The van der Waals surface area contributed by atoms with E-state index in [1.165, 1.54) is 77.5 Å². The Morgan fingerprint density at radius 3 is 2.26 bits per heavy atom. The summed E-state index contributed by atoms with van der Waals surface area (Å²) in [6.07, 6.45) is 11.4. The van der Waals surface area contributed by atoms with Gasteiger partial charge >= 0.3 is 0 Å². The Morgan fingerprint density at radius 2 is 1.63 bits per heavy atom. The lowest BCUT2D eigenvalue weighted by Crippen LogP contribution is -2.52. The summed E-state index contributed by atoms with van der Waals surface area (Å²) in [5.41, 5.74) is 0. The van der Waals surface area contributed by atoms with Crippen molar-refractivity contribution in [2.24, 2.45) is 5.92 Å². The van der Waals surface area contributed by atoms with Crippen molar-refractivity contribution in [2.75, 3.05) is 26.2 Å². The molecular weight excluding hydrogens is 232 g/mol. The average molecular weight is 268 g/mol. The van der Waals surface area contributed by atoms with E-state index < -0.39 is 0 Å². The van der Waals surface area contributed by atoms with Gasteiger partial charge in [-0.05, 0) is 18.9 Å². The first-order chi connectivity index (χ1) is 9.24. The molecule has 1 rings (SSSR count). The lowest BCUT2D eigenvalue weighted by molar-refractivity contribution is 0.172. The molecule has 19 heavy (non-hydrogen) atoms. The van der Waals surface area contributed by atoms with Gasteiger partial charge in [-0.2, -0.15) is 0 Å². The number of piperazine rings is 1. The van der Waals surface area contributed by atoms with Crippen LogP contribution in [0.25, 0.3) is 0 Å². The molecule has 0 saturated carbocycles. The molecule has 1 heterocycles. The van der Waals surface area contributed by atoms with E-state index in [1.807, 2.05) is 0 Å². The summed E-state index contributed by atoms with van der Waals surface area (Å²) in [4.78, 5) is 2.66. The van der Waals surface area contributed by atoms with Crippen molar-refractivity contribution < 1.29 is 0 Å². The largest absolute Gasteiger partial charge is 0.311 e. The first kappa shape index (κ1) is 17.0. The molecule has 1 saturated heterocycles. The van der Waals surface area contributed by atoms with Gasteiger partial charge in [0.1, 0.15) is 0 Å². The molecule has 0 spiro atoms. The molecule has 1 unspecified atom stereocenters. The minimum atomic E-state index is 0.711. The van der Waals surface area contributed by atoms with E-state index in [2.05, 4.69) is 31.0 Å². The molecule has 0 aromatic rings. The maximum absolute atomic E-state index is 3.64. The second-order valence-corrected chi connectivity index (χ2v) is 6.58. The van der Waals surface area contributed by atoms with Crippen molar-refractivity contribution in [3.8, 4) is 0 Å². The second kappa shape index (κ2) is 10.7. The van der Waals surface area contributed by atoms with Gasteiger partial charge in [-0.3, -0.25) is 0 Å². The monoisotopic (exact) mass is 268 g/mol. The highest BCUT2D eigenvalue weighted by molar-refractivity contribution is 4.80. The first-order valence-corrected chi connectivity index (χ1v) is 8.69. The Balaban J connectivity index is 1.94. The fraction of sp³-hybridized carbons (Fsp3) is 1.00. The smallest absolute Gasteiger partial charge is 0.0218 e. The van der Waals surface area contributed by atoms with Crippen molar-refractivity contribution >= 4 is 0 Å². The van der Waals surface area contributed by atoms with Crippen LogP contribution < -0.4 is 5.32 Å². The summed E-state index contributed by atoms with van der Waals surface area (Å²) in [6, 6.07) is 0.711. The summed E-state index contributed by atoms with van der Waals surface area (Å²) in [6.45, 7) is 12.0. The van der Waals surface area contributed by atoms with Gasteiger partial charge in [0.25, 0.3) is 0 Å². The van der Waals surface area contributed by atoms with Crippen molar-refractivity contribution in [3.63, 3.8) is 0 Å². The first-order valence-electron chi connectivity index (χ1n) is 8.69. The van der Waals surface area contributed by atoms with Gasteiger partial charge in [-0.15, -0.1) is 0 Å². The standard InChI is InChI=1S/C17H36N2/c1-4-5-6-7-8-9-10-11-13-19-14-12-18-17(15-19)16(2)3/h16-18H,4-15H2,1-3H3. The van der Waals surface area contributed by atoms with Crippen molar-refractivity contribution in [3.05, 3.63) is 0 Å². The number of unbranched alkanes of at least 4 members (excludes halogenated alkanes) is 7. The maximum atomic E-state index is 3.64. The topological polar surface area (TPSA) is 15.3 Å². The zero-order valence-corrected chi connectivity index (χ0v) is 13.6. The van der Waals surface area contributed by atoms with Crippen LogP contribution in [0.15, 0.2) is 0 Å². The minimum absolute atomic E-state index is 0.711. The number of nitrogens with zero attached hydrogens (tertiary/aromatic N) is 1. The summed E-state index contributed by atoms with van der Waals surface area (Å²) in [5, 5.41) is 3.64. The van der Waals surface area contributed by atoms with Gasteiger partial charge in [0.2, 0.25) is 0 Å². The van der Waals surface area contributed by atoms with Gasteiger partial charge in [-0.1, -0.05) is 65.7 Å². The van der Waals surface area contributed by atoms with Gasteiger partial charge in [0, 0.05) is 25.7 Å². The third kappa shape index (κ3) is 7.94. The molecule has 1 N–H and O–H groups in total. The normalized spacial score (nSPS) is 21.2. The molecule has 1 atom stereocenters. The van der Waals surface area contributed by atoms with Crippen LogP contribution in [0.5, 0.6) is 0 Å². The second-order valence-electron chi connectivity index (χ2n) is 6.58. The van der Waals surface area contributed by atoms with Gasteiger partial charge in [-0.25, -0.2) is 0 Å². The summed E-state index contributed by atoms with van der Waals surface area (Å²) in [5.74, 6) is 0.765. The van der Waals surface area contributed by atoms with Crippen molar-refractivity contribution in [1.29, 1.82) is 0 Å². The van der Waals surface area contributed by atoms with Crippen LogP contribution in [-0.4, -0.2) is 37.1 Å². The highest BCUT2D eigenvalue weighted by atomic mass is 15.2. The number of nitrogens with one attached hydrogen (secondary N) is 1. The zero-order valence-electron chi connectivity index (χ0n) is 13.6. The third-order valence-corrected chi connectivity index (χ3v) is 4.42. The summed E-state index contributed by atoms with van der Waals surface area (Å²) >= 11 is 0. The molecule has 1 aliphatic heterocycles. The van der Waals surface area contributed by atoms with Crippen molar-refractivity contribution in [1.82, 2.24) is 10.2 Å². The van der Waals surface area contributed by atoms with Crippen LogP contribution >= 0.6 is 0 Å². The molecule has 0 aromatic heterocycles. The molecule has 2 heteroatoms. The summed E-state index contributed by atoms with van der Waals surface area (Å²) in [7, 11) is 0.